The molecular weight excluding hydrogens is 270 g/mol. The Bertz CT molecular complexity index is 705. The highest BCUT2D eigenvalue weighted by Crippen LogP contribution is 2.16. The SMILES string of the molecule is NC(=O)[C@H]1CCCCN1CCn1nc2ccccn2c1=O. The van der Waals surface area contributed by atoms with Crippen LogP contribution in [0.4, 0.5) is 0 Å². The highest BCUT2D eigenvalue weighted by Gasteiger charge is 2.26. The summed E-state index contributed by atoms with van der Waals surface area (Å²) in [5.41, 5.74) is 5.93. The van der Waals surface area contributed by atoms with E-state index in [9.17, 15) is 9.59 Å². The van der Waals surface area contributed by atoms with Crippen molar-refractivity contribution >= 4 is 11.6 Å². The first-order chi connectivity index (χ1) is 10.2. The number of hydrogen-bond donors (Lipinski definition) is 1. The lowest BCUT2D eigenvalue weighted by Gasteiger charge is -2.33. The first kappa shape index (κ1) is 13.8. The first-order valence-corrected chi connectivity index (χ1v) is 7.24. The predicted octanol–water partition coefficient (Wildman–Crippen LogP) is -0.164. The summed E-state index contributed by atoms with van der Waals surface area (Å²) in [7, 11) is 0. The van der Waals surface area contributed by atoms with E-state index < -0.39 is 0 Å². The van der Waals surface area contributed by atoms with Crippen molar-refractivity contribution in [3.8, 4) is 0 Å². The van der Waals surface area contributed by atoms with Crippen molar-refractivity contribution in [2.45, 2.75) is 31.8 Å². The van der Waals surface area contributed by atoms with Gasteiger partial charge in [0.1, 0.15) is 0 Å². The number of rotatable bonds is 4. The van der Waals surface area contributed by atoms with Gasteiger partial charge in [0.05, 0.1) is 12.6 Å². The molecule has 0 unspecified atom stereocenters. The van der Waals surface area contributed by atoms with Crippen molar-refractivity contribution < 1.29 is 4.79 Å². The van der Waals surface area contributed by atoms with Crippen LogP contribution in [0.15, 0.2) is 29.2 Å². The molecule has 1 saturated heterocycles. The fourth-order valence-electron chi connectivity index (χ4n) is 2.92. The number of hydrogen-bond acceptors (Lipinski definition) is 4. The standard InChI is InChI=1S/C14H19N5O2/c15-13(20)11-5-1-3-7-17(11)9-10-19-14(21)18-8-4-2-6-12(18)16-19/h2,4,6,8,11H,1,3,5,7,9-10H2,(H2,15,20)/t11-/m1/s1. The van der Waals surface area contributed by atoms with E-state index in [1.165, 1.54) is 9.08 Å². The van der Waals surface area contributed by atoms with E-state index in [2.05, 4.69) is 10.00 Å². The van der Waals surface area contributed by atoms with Crippen LogP contribution < -0.4 is 11.4 Å². The lowest BCUT2D eigenvalue weighted by atomic mass is 10.0. The third kappa shape index (κ3) is 2.69. The first-order valence-electron chi connectivity index (χ1n) is 7.24. The number of carbonyl (C=O) groups is 1. The molecule has 7 heteroatoms. The van der Waals surface area contributed by atoms with Crippen molar-refractivity contribution in [3.63, 3.8) is 0 Å². The second kappa shape index (κ2) is 5.69. The molecule has 2 N–H and O–H groups in total. The van der Waals surface area contributed by atoms with Crippen molar-refractivity contribution in [2.75, 3.05) is 13.1 Å². The van der Waals surface area contributed by atoms with Crippen LogP contribution in [0.3, 0.4) is 0 Å². The van der Waals surface area contributed by atoms with Crippen LogP contribution in [0.2, 0.25) is 0 Å². The molecule has 21 heavy (non-hydrogen) atoms. The number of amides is 1. The molecule has 1 fully saturated rings. The molecule has 112 valence electrons. The molecule has 3 rings (SSSR count). The maximum absolute atomic E-state index is 12.2. The number of carbonyl (C=O) groups excluding carboxylic acids is 1. The van der Waals surface area contributed by atoms with E-state index >= 15 is 0 Å². The van der Waals surface area contributed by atoms with Crippen LogP contribution in [0.25, 0.3) is 5.65 Å². The number of fused-ring (bicyclic) bond motifs is 1. The molecule has 0 aromatic carbocycles. The van der Waals surface area contributed by atoms with Crippen molar-refractivity contribution in [1.82, 2.24) is 19.1 Å². The van der Waals surface area contributed by atoms with E-state index in [-0.39, 0.29) is 17.6 Å². The minimum absolute atomic E-state index is 0.154. The molecule has 1 amide bonds. The average Bonchev–Trinajstić information content (AvgIpc) is 2.82. The molecule has 1 aliphatic heterocycles. The Labute approximate surface area is 122 Å². The van der Waals surface area contributed by atoms with Gasteiger partial charge in [0.25, 0.3) is 0 Å². The third-order valence-corrected chi connectivity index (χ3v) is 4.03. The number of nitrogens with two attached hydrogens (primary N) is 1. The van der Waals surface area contributed by atoms with Gasteiger partial charge in [-0.05, 0) is 31.5 Å². The number of primary amides is 1. The Morgan fingerprint density at radius 3 is 2.95 bits per heavy atom. The highest BCUT2D eigenvalue weighted by atomic mass is 16.2. The zero-order valence-electron chi connectivity index (χ0n) is 11.8. The summed E-state index contributed by atoms with van der Waals surface area (Å²) in [4.78, 5) is 25.7. The van der Waals surface area contributed by atoms with Crippen molar-refractivity contribution in [2.24, 2.45) is 5.73 Å². The maximum atomic E-state index is 12.2. The van der Waals surface area contributed by atoms with Gasteiger partial charge in [-0.15, -0.1) is 5.10 Å². The Hall–Kier alpha value is -2.15. The third-order valence-electron chi connectivity index (χ3n) is 4.03. The van der Waals surface area contributed by atoms with Gasteiger partial charge in [0.2, 0.25) is 5.91 Å². The molecule has 0 radical (unpaired) electrons. The quantitative estimate of drug-likeness (QED) is 0.847. The van der Waals surface area contributed by atoms with E-state index in [1.807, 2.05) is 6.07 Å². The van der Waals surface area contributed by atoms with Crippen LogP contribution in [-0.4, -0.2) is 44.1 Å². The van der Waals surface area contributed by atoms with Gasteiger partial charge < -0.3 is 5.73 Å². The van der Waals surface area contributed by atoms with Crippen LogP contribution in [0.5, 0.6) is 0 Å². The normalized spacial score (nSPS) is 19.9. The number of likely N-dealkylation sites (tertiary alicyclic amines) is 1. The molecule has 1 aliphatic rings. The van der Waals surface area contributed by atoms with E-state index in [1.54, 1.807) is 18.3 Å². The Morgan fingerprint density at radius 1 is 1.33 bits per heavy atom. The fourth-order valence-corrected chi connectivity index (χ4v) is 2.92. The number of nitrogens with zero attached hydrogens (tertiary/aromatic N) is 4. The summed E-state index contributed by atoms with van der Waals surface area (Å²) in [5.74, 6) is -0.281. The van der Waals surface area contributed by atoms with Gasteiger partial charge in [0, 0.05) is 12.7 Å². The van der Waals surface area contributed by atoms with E-state index in [0.29, 0.717) is 18.7 Å². The Kier molecular flexibility index (Phi) is 3.74. The molecule has 0 bridgehead atoms. The molecule has 7 nitrogen and oxygen atoms in total. The molecular formula is C14H19N5O2. The van der Waals surface area contributed by atoms with Crippen LogP contribution in [0, 0.1) is 0 Å². The largest absolute Gasteiger partial charge is 0.368 e. The van der Waals surface area contributed by atoms with Gasteiger partial charge in [0.15, 0.2) is 5.65 Å². The van der Waals surface area contributed by atoms with Crippen molar-refractivity contribution in [1.29, 1.82) is 0 Å². The van der Waals surface area contributed by atoms with Gasteiger partial charge in [-0.3, -0.25) is 14.1 Å². The Balaban J connectivity index is 1.75. The second-order valence-corrected chi connectivity index (χ2v) is 5.38. The average molecular weight is 289 g/mol. The lowest BCUT2D eigenvalue weighted by molar-refractivity contribution is -0.124. The summed E-state index contributed by atoms with van der Waals surface area (Å²) in [6, 6.07) is 5.23. The number of pyridine rings is 1. The topological polar surface area (TPSA) is 85.6 Å². The summed E-state index contributed by atoms with van der Waals surface area (Å²) < 4.78 is 2.96. The number of aromatic nitrogens is 3. The lowest BCUT2D eigenvalue weighted by Crippen LogP contribution is -2.49. The minimum Gasteiger partial charge on any atom is -0.368 e. The maximum Gasteiger partial charge on any atom is 0.350 e. The highest BCUT2D eigenvalue weighted by molar-refractivity contribution is 5.79. The molecule has 0 saturated carbocycles. The monoisotopic (exact) mass is 289 g/mol. The van der Waals surface area contributed by atoms with Crippen molar-refractivity contribution in [3.05, 3.63) is 34.9 Å². The van der Waals surface area contributed by atoms with E-state index in [4.69, 9.17) is 5.73 Å². The van der Waals surface area contributed by atoms with Gasteiger partial charge in [-0.2, -0.15) is 0 Å². The summed E-state index contributed by atoms with van der Waals surface area (Å²) >= 11 is 0. The van der Waals surface area contributed by atoms with Gasteiger partial charge in [-0.1, -0.05) is 12.5 Å². The smallest absolute Gasteiger partial charge is 0.350 e. The molecule has 3 heterocycles. The molecule has 1 atom stereocenters. The summed E-state index contributed by atoms with van der Waals surface area (Å²) in [6.45, 7) is 1.91. The van der Waals surface area contributed by atoms with Gasteiger partial charge in [-0.25, -0.2) is 9.48 Å². The zero-order chi connectivity index (χ0) is 14.8. The fraction of sp³-hybridized carbons (Fsp3) is 0.500. The zero-order valence-corrected chi connectivity index (χ0v) is 11.8. The van der Waals surface area contributed by atoms with E-state index in [0.717, 1.165) is 25.8 Å². The second-order valence-electron chi connectivity index (χ2n) is 5.38. The molecule has 2 aromatic rings. The summed E-state index contributed by atoms with van der Waals surface area (Å²) in [5, 5.41) is 4.29. The van der Waals surface area contributed by atoms with Crippen LogP contribution >= 0.6 is 0 Å². The summed E-state index contributed by atoms with van der Waals surface area (Å²) in [6.07, 6.45) is 4.59. The number of piperidine rings is 1. The van der Waals surface area contributed by atoms with Crippen LogP contribution in [-0.2, 0) is 11.3 Å². The van der Waals surface area contributed by atoms with Crippen LogP contribution in [0.1, 0.15) is 19.3 Å². The van der Waals surface area contributed by atoms with Gasteiger partial charge >= 0.3 is 5.69 Å². The predicted molar refractivity (Wildman–Crippen MR) is 77.9 cm³/mol. The Morgan fingerprint density at radius 2 is 2.19 bits per heavy atom. The molecule has 0 spiro atoms. The minimum atomic E-state index is -0.281. The molecule has 2 aromatic heterocycles. The molecule has 0 aliphatic carbocycles.